The number of amides is 2. The van der Waals surface area contributed by atoms with Gasteiger partial charge in [-0.05, 0) is 30.2 Å². The van der Waals surface area contributed by atoms with Gasteiger partial charge in [0.25, 0.3) is 0 Å². The fourth-order valence-corrected chi connectivity index (χ4v) is 3.54. The number of fused-ring (bicyclic) bond motifs is 1. The van der Waals surface area contributed by atoms with Gasteiger partial charge in [0, 0.05) is 11.9 Å². The first kappa shape index (κ1) is 15.8. The molecule has 3 N–H and O–H groups in total. The average molecular weight is 312 g/mol. The van der Waals surface area contributed by atoms with Crippen LogP contribution in [0.25, 0.3) is 10.8 Å². The van der Waals surface area contributed by atoms with Gasteiger partial charge in [0.05, 0.1) is 11.3 Å². The molecule has 0 spiro atoms. The maximum atomic E-state index is 12.2. The van der Waals surface area contributed by atoms with Gasteiger partial charge >= 0.3 is 6.03 Å². The average Bonchev–Trinajstić information content (AvgIpc) is 2.53. The van der Waals surface area contributed by atoms with Crippen LogP contribution in [-0.2, 0) is 0 Å². The predicted octanol–water partition coefficient (Wildman–Crippen LogP) is 3.90. The summed E-state index contributed by atoms with van der Waals surface area (Å²) >= 11 is 0. The number of anilines is 1. The van der Waals surface area contributed by atoms with Gasteiger partial charge < -0.3 is 15.7 Å². The Bertz CT molecular complexity index is 695. The highest BCUT2D eigenvalue weighted by Crippen LogP contribution is 2.31. The van der Waals surface area contributed by atoms with E-state index < -0.39 is 5.60 Å². The van der Waals surface area contributed by atoms with Crippen molar-refractivity contribution in [3.05, 3.63) is 42.5 Å². The van der Waals surface area contributed by atoms with Gasteiger partial charge in [0.15, 0.2) is 0 Å². The van der Waals surface area contributed by atoms with E-state index in [2.05, 4.69) is 17.6 Å². The largest absolute Gasteiger partial charge is 0.388 e. The Morgan fingerprint density at radius 2 is 2.04 bits per heavy atom. The smallest absolute Gasteiger partial charge is 0.319 e. The molecule has 2 amide bonds. The molecule has 2 aromatic carbocycles. The molecule has 0 radical (unpaired) electrons. The molecule has 122 valence electrons. The maximum Gasteiger partial charge on any atom is 0.319 e. The van der Waals surface area contributed by atoms with Crippen molar-refractivity contribution in [3.8, 4) is 0 Å². The topological polar surface area (TPSA) is 61.4 Å². The zero-order chi connectivity index (χ0) is 16.3. The highest BCUT2D eigenvalue weighted by Gasteiger charge is 2.32. The minimum Gasteiger partial charge on any atom is -0.388 e. The second-order valence-corrected chi connectivity index (χ2v) is 6.76. The van der Waals surface area contributed by atoms with E-state index in [9.17, 15) is 9.90 Å². The zero-order valence-electron chi connectivity index (χ0n) is 13.5. The SMILES string of the molecule is C[C@H]1CCC[C@](O)(CNC(=O)Nc2cccc3ccccc23)C1. The van der Waals surface area contributed by atoms with E-state index in [1.165, 1.54) is 0 Å². The first-order valence-corrected chi connectivity index (χ1v) is 8.31. The van der Waals surface area contributed by atoms with Crippen molar-refractivity contribution in [2.75, 3.05) is 11.9 Å². The van der Waals surface area contributed by atoms with Gasteiger partial charge in [-0.1, -0.05) is 56.2 Å². The fraction of sp³-hybridized carbons (Fsp3) is 0.421. The molecule has 1 aliphatic rings. The molecule has 1 saturated carbocycles. The monoisotopic (exact) mass is 312 g/mol. The highest BCUT2D eigenvalue weighted by molar-refractivity contribution is 6.01. The molecule has 3 rings (SSSR count). The summed E-state index contributed by atoms with van der Waals surface area (Å²) in [7, 11) is 0. The molecule has 0 bridgehead atoms. The lowest BCUT2D eigenvalue weighted by Crippen LogP contribution is -2.46. The lowest BCUT2D eigenvalue weighted by atomic mass is 9.79. The van der Waals surface area contributed by atoms with Gasteiger partial charge in [-0.3, -0.25) is 0 Å². The standard InChI is InChI=1S/C19H24N2O2/c1-14-6-5-11-19(23,12-14)13-20-18(22)21-17-10-4-8-15-7-2-3-9-16(15)17/h2-4,7-10,14,23H,5-6,11-13H2,1H3,(H2,20,21,22)/t14-,19+/m0/s1. The summed E-state index contributed by atoms with van der Waals surface area (Å²) in [5.74, 6) is 0.511. The number of hydrogen-bond acceptors (Lipinski definition) is 2. The molecule has 1 fully saturated rings. The van der Waals surface area contributed by atoms with Crippen LogP contribution in [0.3, 0.4) is 0 Å². The molecular formula is C19H24N2O2. The lowest BCUT2D eigenvalue weighted by Gasteiger charge is -2.35. The minimum absolute atomic E-state index is 0.270. The van der Waals surface area contributed by atoms with Crippen molar-refractivity contribution in [2.45, 2.75) is 38.2 Å². The van der Waals surface area contributed by atoms with Crippen molar-refractivity contribution in [1.82, 2.24) is 5.32 Å². The van der Waals surface area contributed by atoms with Crippen LogP contribution in [0.15, 0.2) is 42.5 Å². The van der Waals surface area contributed by atoms with Crippen molar-refractivity contribution >= 4 is 22.5 Å². The molecule has 0 heterocycles. The third-order valence-corrected chi connectivity index (χ3v) is 4.68. The maximum absolute atomic E-state index is 12.2. The van der Waals surface area contributed by atoms with Crippen LogP contribution in [0.5, 0.6) is 0 Å². The Hall–Kier alpha value is -2.07. The molecule has 4 nitrogen and oxygen atoms in total. The molecular weight excluding hydrogens is 288 g/mol. The third-order valence-electron chi connectivity index (χ3n) is 4.68. The molecule has 2 aromatic rings. The molecule has 0 unspecified atom stereocenters. The molecule has 0 aromatic heterocycles. The Balaban J connectivity index is 1.63. The van der Waals surface area contributed by atoms with Gasteiger partial charge in [-0.25, -0.2) is 4.79 Å². The van der Waals surface area contributed by atoms with E-state index in [-0.39, 0.29) is 6.03 Å². The van der Waals surface area contributed by atoms with Crippen molar-refractivity contribution in [3.63, 3.8) is 0 Å². The molecule has 4 heteroatoms. The summed E-state index contributed by atoms with van der Waals surface area (Å²) in [5.41, 5.74) is 0.0120. The van der Waals surface area contributed by atoms with E-state index in [0.29, 0.717) is 12.5 Å². The van der Waals surface area contributed by atoms with E-state index in [4.69, 9.17) is 0 Å². The summed E-state index contributed by atoms with van der Waals surface area (Å²) in [6, 6.07) is 13.5. The van der Waals surface area contributed by atoms with Crippen LogP contribution in [0, 0.1) is 5.92 Å². The van der Waals surface area contributed by atoms with Gasteiger partial charge in [0.1, 0.15) is 0 Å². The van der Waals surface area contributed by atoms with Crippen LogP contribution in [-0.4, -0.2) is 23.3 Å². The summed E-state index contributed by atoms with van der Waals surface area (Å²) in [5, 5.41) is 18.4. The Morgan fingerprint density at radius 3 is 2.87 bits per heavy atom. The van der Waals surface area contributed by atoms with Crippen molar-refractivity contribution in [1.29, 1.82) is 0 Å². The molecule has 23 heavy (non-hydrogen) atoms. The molecule has 0 saturated heterocycles. The predicted molar refractivity (Wildman–Crippen MR) is 93.6 cm³/mol. The van der Waals surface area contributed by atoms with Crippen LogP contribution in [0.4, 0.5) is 10.5 Å². The summed E-state index contributed by atoms with van der Waals surface area (Å²) in [6.07, 6.45) is 3.68. The van der Waals surface area contributed by atoms with E-state index in [1.807, 2.05) is 42.5 Å². The number of benzene rings is 2. The lowest BCUT2D eigenvalue weighted by molar-refractivity contribution is -0.00920. The molecule has 0 aliphatic heterocycles. The Kier molecular flexibility index (Phi) is 4.53. The second-order valence-electron chi connectivity index (χ2n) is 6.76. The number of carbonyl (C=O) groups excluding carboxylic acids is 1. The van der Waals surface area contributed by atoms with Crippen molar-refractivity contribution < 1.29 is 9.90 Å². The van der Waals surface area contributed by atoms with E-state index in [0.717, 1.165) is 42.1 Å². The minimum atomic E-state index is -0.770. The van der Waals surface area contributed by atoms with Crippen LogP contribution in [0.1, 0.15) is 32.6 Å². The number of hydrogen-bond donors (Lipinski definition) is 3. The normalized spacial score (nSPS) is 24.3. The van der Waals surface area contributed by atoms with E-state index >= 15 is 0 Å². The summed E-state index contributed by atoms with van der Waals surface area (Å²) < 4.78 is 0. The molecule has 2 atom stereocenters. The Labute approximate surface area is 136 Å². The number of rotatable bonds is 3. The van der Waals surface area contributed by atoms with Gasteiger partial charge in [-0.15, -0.1) is 0 Å². The first-order chi connectivity index (χ1) is 11.1. The number of nitrogens with one attached hydrogen (secondary N) is 2. The Morgan fingerprint density at radius 1 is 1.26 bits per heavy atom. The zero-order valence-corrected chi connectivity index (χ0v) is 13.5. The fourth-order valence-electron chi connectivity index (χ4n) is 3.54. The first-order valence-electron chi connectivity index (χ1n) is 8.31. The summed E-state index contributed by atoms with van der Waals surface area (Å²) in [4.78, 5) is 12.2. The molecule has 1 aliphatic carbocycles. The van der Waals surface area contributed by atoms with Gasteiger partial charge in [0.2, 0.25) is 0 Å². The third kappa shape index (κ3) is 3.82. The number of urea groups is 1. The second kappa shape index (κ2) is 6.59. The number of aliphatic hydroxyl groups is 1. The van der Waals surface area contributed by atoms with Crippen LogP contribution in [0.2, 0.25) is 0 Å². The summed E-state index contributed by atoms with van der Waals surface area (Å²) in [6.45, 7) is 2.45. The van der Waals surface area contributed by atoms with Crippen LogP contribution >= 0.6 is 0 Å². The van der Waals surface area contributed by atoms with Crippen molar-refractivity contribution in [2.24, 2.45) is 5.92 Å². The highest BCUT2D eigenvalue weighted by atomic mass is 16.3. The van der Waals surface area contributed by atoms with Gasteiger partial charge in [-0.2, -0.15) is 0 Å². The quantitative estimate of drug-likeness (QED) is 0.805. The van der Waals surface area contributed by atoms with E-state index in [1.54, 1.807) is 0 Å². The van der Waals surface area contributed by atoms with Crippen LogP contribution < -0.4 is 10.6 Å². The number of carbonyl (C=O) groups is 1.